The molecule has 114 valence electrons. The Hall–Kier alpha value is -0.780. The quantitative estimate of drug-likeness (QED) is 0.823. The third kappa shape index (κ3) is 3.27. The molecular weight excluding hydrogens is 274 g/mol. The van der Waals surface area contributed by atoms with Crippen LogP contribution < -0.4 is 10.6 Å². The SMILES string of the molecule is CCC1=NC(NC(C)C)N(C)C(N2CCNCC2)=C1Cl. The van der Waals surface area contributed by atoms with Crippen LogP contribution >= 0.6 is 11.6 Å². The normalized spacial score (nSPS) is 24.5. The molecule has 6 heteroatoms. The van der Waals surface area contributed by atoms with Crippen LogP contribution in [-0.2, 0) is 0 Å². The van der Waals surface area contributed by atoms with E-state index in [1.807, 2.05) is 0 Å². The summed E-state index contributed by atoms with van der Waals surface area (Å²) in [5, 5.41) is 7.67. The molecule has 0 bridgehead atoms. The van der Waals surface area contributed by atoms with E-state index in [0.29, 0.717) is 6.04 Å². The molecule has 0 aromatic rings. The van der Waals surface area contributed by atoms with Crippen molar-refractivity contribution in [2.75, 3.05) is 33.2 Å². The third-order valence-electron chi connectivity index (χ3n) is 3.66. The number of allylic oxidation sites excluding steroid dienone is 1. The minimum atomic E-state index is -0.0302. The van der Waals surface area contributed by atoms with Crippen LogP contribution in [0.5, 0.6) is 0 Å². The van der Waals surface area contributed by atoms with Gasteiger partial charge in [0.05, 0.1) is 5.71 Å². The molecule has 0 aromatic heterocycles. The van der Waals surface area contributed by atoms with Gasteiger partial charge in [0.25, 0.3) is 0 Å². The van der Waals surface area contributed by atoms with E-state index in [1.54, 1.807) is 0 Å². The van der Waals surface area contributed by atoms with Gasteiger partial charge < -0.3 is 15.1 Å². The maximum atomic E-state index is 6.60. The van der Waals surface area contributed by atoms with Crippen molar-refractivity contribution in [2.24, 2.45) is 4.99 Å². The summed E-state index contributed by atoms with van der Waals surface area (Å²) < 4.78 is 0. The molecule has 0 spiro atoms. The fraction of sp³-hybridized carbons (Fsp3) is 0.786. The number of hydrogen-bond acceptors (Lipinski definition) is 5. The maximum Gasteiger partial charge on any atom is 0.177 e. The standard InChI is InChI=1S/C14H26ClN5/c1-5-11-12(15)13(20-8-6-16-7-9-20)19(4)14(18-11)17-10(2)3/h10,14,16-17H,5-9H2,1-4H3. The molecular formula is C14H26ClN5. The molecule has 2 rings (SSSR count). The van der Waals surface area contributed by atoms with E-state index in [0.717, 1.165) is 49.2 Å². The third-order valence-corrected chi connectivity index (χ3v) is 4.05. The van der Waals surface area contributed by atoms with Crippen LogP contribution in [0.4, 0.5) is 0 Å². The summed E-state index contributed by atoms with van der Waals surface area (Å²) >= 11 is 6.60. The van der Waals surface area contributed by atoms with Crippen molar-refractivity contribution in [3.8, 4) is 0 Å². The fourth-order valence-electron chi connectivity index (χ4n) is 2.62. The first-order valence-electron chi connectivity index (χ1n) is 7.46. The first kappa shape index (κ1) is 15.6. The Labute approximate surface area is 127 Å². The van der Waals surface area contributed by atoms with Crippen LogP contribution in [0, 0.1) is 0 Å². The van der Waals surface area contributed by atoms with Crippen LogP contribution in [0.1, 0.15) is 27.2 Å². The van der Waals surface area contributed by atoms with E-state index in [9.17, 15) is 0 Å². The average Bonchev–Trinajstić information content (AvgIpc) is 2.43. The summed E-state index contributed by atoms with van der Waals surface area (Å²) in [5.41, 5.74) is 0.997. The minimum Gasteiger partial charge on any atom is -0.354 e. The Morgan fingerprint density at radius 1 is 1.40 bits per heavy atom. The lowest BCUT2D eigenvalue weighted by atomic mass is 10.2. The van der Waals surface area contributed by atoms with Gasteiger partial charge in [0.15, 0.2) is 6.29 Å². The molecule has 1 fully saturated rings. The van der Waals surface area contributed by atoms with Gasteiger partial charge in [0.1, 0.15) is 10.9 Å². The van der Waals surface area contributed by atoms with Gasteiger partial charge in [0.2, 0.25) is 0 Å². The smallest absolute Gasteiger partial charge is 0.177 e. The molecule has 0 amide bonds. The van der Waals surface area contributed by atoms with Gasteiger partial charge in [-0.25, -0.2) is 4.99 Å². The predicted octanol–water partition coefficient (Wildman–Crippen LogP) is 1.38. The van der Waals surface area contributed by atoms with E-state index in [4.69, 9.17) is 16.6 Å². The van der Waals surface area contributed by atoms with Crippen molar-refractivity contribution in [3.63, 3.8) is 0 Å². The van der Waals surface area contributed by atoms with Crippen molar-refractivity contribution in [1.82, 2.24) is 20.4 Å². The molecule has 1 atom stereocenters. The summed E-state index contributed by atoms with van der Waals surface area (Å²) in [5.74, 6) is 1.11. The summed E-state index contributed by atoms with van der Waals surface area (Å²) in [6.07, 6.45) is 0.829. The molecule has 1 unspecified atom stereocenters. The molecule has 2 aliphatic rings. The van der Waals surface area contributed by atoms with E-state index in [1.165, 1.54) is 0 Å². The first-order valence-corrected chi connectivity index (χ1v) is 7.83. The number of halogens is 1. The first-order chi connectivity index (χ1) is 9.54. The number of nitrogens with one attached hydrogen (secondary N) is 2. The zero-order valence-electron chi connectivity index (χ0n) is 12.9. The topological polar surface area (TPSA) is 42.9 Å². The van der Waals surface area contributed by atoms with Gasteiger partial charge in [-0.05, 0) is 20.3 Å². The van der Waals surface area contributed by atoms with Crippen LogP contribution in [-0.4, -0.2) is 61.1 Å². The summed E-state index contributed by atoms with van der Waals surface area (Å²) in [6.45, 7) is 10.4. The Kier molecular flexibility index (Phi) is 5.29. The highest BCUT2D eigenvalue weighted by Crippen LogP contribution is 2.27. The van der Waals surface area contributed by atoms with Gasteiger partial charge in [-0.1, -0.05) is 18.5 Å². The fourth-order valence-corrected chi connectivity index (χ4v) is 3.06. The van der Waals surface area contributed by atoms with Crippen molar-refractivity contribution < 1.29 is 0 Å². The van der Waals surface area contributed by atoms with E-state index in [-0.39, 0.29) is 6.29 Å². The molecule has 20 heavy (non-hydrogen) atoms. The van der Waals surface area contributed by atoms with E-state index < -0.39 is 0 Å². The Balaban J connectivity index is 2.27. The highest BCUT2D eigenvalue weighted by molar-refractivity contribution is 6.44. The van der Waals surface area contributed by atoms with Crippen molar-refractivity contribution in [2.45, 2.75) is 39.5 Å². The highest BCUT2D eigenvalue weighted by Gasteiger charge is 2.30. The van der Waals surface area contributed by atoms with Crippen LogP contribution in [0.3, 0.4) is 0 Å². The van der Waals surface area contributed by atoms with Gasteiger partial charge in [0, 0.05) is 39.3 Å². The minimum absolute atomic E-state index is 0.0302. The zero-order valence-corrected chi connectivity index (χ0v) is 13.7. The summed E-state index contributed by atoms with van der Waals surface area (Å²) in [4.78, 5) is 9.27. The second-order valence-electron chi connectivity index (χ2n) is 5.61. The van der Waals surface area contributed by atoms with Gasteiger partial charge in [-0.2, -0.15) is 0 Å². The van der Waals surface area contributed by atoms with E-state index in [2.05, 4.69) is 48.3 Å². The number of rotatable bonds is 4. The molecule has 2 heterocycles. The van der Waals surface area contributed by atoms with Crippen molar-refractivity contribution >= 4 is 17.3 Å². The van der Waals surface area contributed by atoms with Crippen LogP contribution in [0.15, 0.2) is 15.8 Å². The van der Waals surface area contributed by atoms with Crippen LogP contribution in [0.25, 0.3) is 0 Å². The Morgan fingerprint density at radius 3 is 2.60 bits per heavy atom. The highest BCUT2D eigenvalue weighted by atomic mass is 35.5. The second-order valence-corrected chi connectivity index (χ2v) is 5.99. The summed E-state index contributed by atoms with van der Waals surface area (Å²) in [6, 6.07) is 0.380. The number of nitrogens with zero attached hydrogens (tertiary/aromatic N) is 3. The molecule has 2 N–H and O–H groups in total. The Morgan fingerprint density at radius 2 is 2.05 bits per heavy atom. The lowest BCUT2D eigenvalue weighted by Crippen LogP contribution is -2.54. The average molecular weight is 300 g/mol. The number of piperazine rings is 1. The Bertz CT molecular complexity index is 398. The second kappa shape index (κ2) is 6.78. The zero-order chi connectivity index (χ0) is 14.7. The monoisotopic (exact) mass is 299 g/mol. The van der Waals surface area contributed by atoms with Gasteiger partial charge in [-0.3, -0.25) is 5.32 Å². The van der Waals surface area contributed by atoms with Gasteiger partial charge >= 0.3 is 0 Å². The van der Waals surface area contributed by atoms with Gasteiger partial charge in [-0.15, -0.1) is 0 Å². The molecule has 2 aliphatic heterocycles. The molecule has 5 nitrogen and oxygen atoms in total. The molecule has 0 aromatic carbocycles. The number of aliphatic imine (C=N–C) groups is 1. The lowest BCUT2D eigenvalue weighted by Gasteiger charge is -2.42. The molecule has 0 radical (unpaired) electrons. The van der Waals surface area contributed by atoms with Crippen molar-refractivity contribution in [1.29, 1.82) is 0 Å². The summed E-state index contributed by atoms with van der Waals surface area (Å²) in [7, 11) is 2.07. The maximum absolute atomic E-state index is 6.60. The largest absolute Gasteiger partial charge is 0.354 e. The lowest BCUT2D eigenvalue weighted by molar-refractivity contribution is 0.153. The van der Waals surface area contributed by atoms with Crippen molar-refractivity contribution in [3.05, 3.63) is 10.9 Å². The number of hydrogen-bond donors (Lipinski definition) is 2. The van der Waals surface area contributed by atoms with Crippen LogP contribution in [0.2, 0.25) is 0 Å². The van der Waals surface area contributed by atoms with E-state index >= 15 is 0 Å². The predicted molar refractivity (Wildman–Crippen MR) is 84.9 cm³/mol. The molecule has 1 saturated heterocycles. The molecule has 0 saturated carbocycles. The molecule has 0 aliphatic carbocycles.